The number of benzene rings is 8. The summed E-state index contributed by atoms with van der Waals surface area (Å²) in [5.74, 6) is -0.458. The van der Waals surface area contributed by atoms with Crippen molar-refractivity contribution in [3.63, 3.8) is 0 Å². The van der Waals surface area contributed by atoms with Crippen LogP contribution in [0.3, 0.4) is 0 Å². The number of phenolic OH excluding ortho intramolecular Hbond substituents is 7. The van der Waals surface area contributed by atoms with Crippen molar-refractivity contribution in [1.82, 2.24) is 0 Å². The van der Waals surface area contributed by atoms with Gasteiger partial charge in [0, 0.05) is 91.7 Å². The van der Waals surface area contributed by atoms with E-state index in [1.54, 1.807) is 134 Å². The average molecular weight is 2020 g/mol. The van der Waals surface area contributed by atoms with Crippen molar-refractivity contribution in [3.05, 3.63) is 322 Å². The van der Waals surface area contributed by atoms with E-state index >= 15 is 0 Å². The van der Waals surface area contributed by atoms with Crippen LogP contribution in [0.4, 0.5) is 39.8 Å². The Hall–Kier alpha value is -14.3. The molecule has 8 aromatic rings. The summed E-state index contributed by atoms with van der Waals surface area (Å²) in [6.07, 6.45) is 37.3. The van der Waals surface area contributed by atoms with Gasteiger partial charge in [-0.3, -0.25) is 33.6 Å². The molecule has 0 radical (unpaired) electrons. The van der Waals surface area contributed by atoms with E-state index in [0.29, 0.717) is 144 Å². The molecule has 0 saturated heterocycles. The molecule has 8 aliphatic carbocycles. The van der Waals surface area contributed by atoms with Crippen molar-refractivity contribution in [1.29, 1.82) is 0 Å². The highest BCUT2D eigenvalue weighted by Gasteiger charge is 2.51. The molecule has 34 heteroatoms. The molecule has 142 heavy (non-hydrogen) atoms. The molecule has 0 amide bonds. The van der Waals surface area contributed by atoms with Crippen LogP contribution in [0, 0.1) is 0 Å². The second-order valence-electron chi connectivity index (χ2n) is 37.1. The van der Waals surface area contributed by atoms with Crippen LogP contribution in [0.1, 0.15) is 73.6 Å². The van der Waals surface area contributed by atoms with Gasteiger partial charge in [-0.05, 0) is 285 Å². The SMILES string of the molecule is CC(C)(C)P1(=O)C2=CC(=O)C=CC2=Nc2ccc(O)cc21.CC(C)P1(=O)C2=CC(=O)C=CC2=Nc2ccc(O)cc21.CCP1(=O)C2=CC(=O)C=CC2=Nc2ccc(O)cc21.CP1(=O)C2=CC(=O)C=CC2=Nc2ccc(O)cc21.C[Si]1(C)C2=CC(=O)C=CC2=Nc2ccc(O)cc21.O=C1C=CC2=Nc3ccc(O)cc3P(=O)(C3CCCCC3)C2=C1.O=C1C=CC2=Nc3ccc(O)cc3P(=O)(c3ccccc3)C2=C1. The van der Waals surface area contributed by atoms with Crippen molar-refractivity contribution < 1.29 is 96.7 Å². The van der Waals surface area contributed by atoms with Gasteiger partial charge in [-0.2, -0.15) is 0 Å². The number of allylic oxidation sites excluding steroid dienone is 28. The number of nitrogens with zero attached hydrogens (tertiary/aromatic N) is 7. The summed E-state index contributed by atoms with van der Waals surface area (Å²) in [7, 11) is -20.0. The number of ketones is 7. The zero-order chi connectivity index (χ0) is 101. The molecular formula is C108H95N7O20P6Si. The number of hydrogen-bond donors (Lipinski definition) is 7. The Balaban J connectivity index is 0.000000114. The molecule has 0 spiro atoms. The van der Waals surface area contributed by atoms with Crippen LogP contribution in [-0.2, 0) is 61.0 Å². The molecule has 23 rings (SSSR count). The van der Waals surface area contributed by atoms with E-state index in [2.05, 4.69) is 48.0 Å². The Labute approximate surface area is 818 Å². The number of aromatic hydroxyl groups is 7. The number of carbonyl (C=O) groups excluding carboxylic acids is 7. The van der Waals surface area contributed by atoms with Gasteiger partial charge < -0.3 is 63.1 Å². The number of hydrogen-bond acceptors (Lipinski definition) is 27. The first-order valence-corrected chi connectivity index (χ1v) is 59.6. The zero-order valence-corrected chi connectivity index (χ0v) is 84.7. The van der Waals surface area contributed by atoms with Gasteiger partial charge in [0.25, 0.3) is 0 Å². The topological polar surface area (TPSA) is 450 Å². The molecule has 1 saturated carbocycles. The third-order valence-corrected chi connectivity index (χ3v) is 49.8. The van der Waals surface area contributed by atoms with Crippen LogP contribution >= 0.6 is 42.9 Å². The highest BCUT2D eigenvalue weighted by Crippen LogP contribution is 2.69. The fraction of sp³-hybridized carbons (Fsp3) is 0.167. The molecule has 8 aromatic carbocycles. The summed E-state index contributed by atoms with van der Waals surface area (Å²) in [6, 6.07) is 42.5. The van der Waals surface area contributed by atoms with E-state index in [4.69, 9.17) is 0 Å². The molecule has 15 aliphatic rings. The largest absolute Gasteiger partial charge is 0.508 e. The van der Waals surface area contributed by atoms with E-state index in [1.165, 1.54) is 140 Å². The zero-order valence-electron chi connectivity index (χ0n) is 78.3. The summed E-state index contributed by atoms with van der Waals surface area (Å²) in [5, 5.41) is 76.2. The van der Waals surface area contributed by atoms with Crippen molar-refractivity contribution in [3.8, 4) is 40.2 Å². The fourth-order valence-corrected chi connectivity index (χ4v) is 39.4. The highest BCUT2D eigenvalue weighted by atomic mass is 31.2. The van der Waals surface area contributed by atoms with E-state index < -0.39 is 56.1 Å². The molecule has 1 fully saturated rings. The lowest BCUT2D eigenvalue weighted by molar-refractivity contribution is -0.111. The van der Waals surface area contributed by atoms with Gasteiger partial charge in [0.15, 0.2) is 61.9 Å². The van der Waals surface area contributed by atoms with Gasteiger partial charge in [0.1, 0.15) is 69.7 Å². The first kappa shape index (κ1) is 99.3. The number of phenols is 7. The molecule has 0 bridgehead atoms. The molecule has 27 nitrogen and oxygen atoms in total. The first-order valence-electron chi connectivity index (χ1n) is 45.6. The smallest absolute Gasteiger partial charge is 0.179 e. The number of aliphatic imine (C=N–C) groups is 7. The van der Waals surface area contributed by atoms with E-state index in [9.17, 15) is 96.7 Å². The van der Waals surface area contributed by atoms with Gasteiger partial charge in [0.2, 0.25) is 0 Å². The van der Waals surface area contributed by atoms with Crippen molar-refractivity contribution >= 4 is 214 Å². The van der Waals surface area contributed by atoms with E-state index in [-0.39, 0.29) is 92.0 Å². The first-order chi connectivity index (χ1) is 67.3. The maximum Gasteiger partial charge on any atom is 0.179 e. The molecule has 6 atom stereocenters. The third kappa shape index (κ3) is 18.4. The predicted molar refractivity (Wildman–Crippen MR) is 567 cm³/mol. The monoisotopic (exact) mass is 2020 g/mol. The molecular weight excluding hydrogens is 1930 g/mol. The second kappa shape index (κ2) is 38.3. The van der Waals surface area contributed by atoms with Gasteiger partial charge in [-0.1, -0.05) is 104 Å². The maximum absolute atomic E-state index is 14.2. The van der Waals surface area contributed by atoms with Gasteiger partial charge >= 0.3 is 0 Å². The minimum absolute atomic E-state index is 0.0214. The molecule has 7 heterocycles. The van der Waals surface area contributed by atoms with Crippen LogP contribution in [0.2, 0.25) is 13.1 Å². The highest BCUT2D eigenvalue weighted by molar-refractivity contribution is 7.84. The van der Waals surface area contributed by atoms with Crippen LogP contribution < -0.4 is 42.3 Å². The number of fused-ring (bicyclic) bond motifs is 14. The Morgan fingerprint density at radius 3 is 1.16 bits per heavy atom. The van der Waals surface area contributed by atoms with Crippen molar-refractivity contribution in [2.75, 3.05) is 12.8 Å². The Morgan fingerprint density at radius 2 is 0.676 bits per heavy atom. The minimum atomic E-state index is -3.25. The van der Waals surface area contributed by atoms with Gasteiger partial charge in [-0.25, -0.2) is 34.9 Å². The third-order valence-electron chi connectivity index (χ3n) is 26.2. The Morgan fingerprint density at radius 1 is 0.345 bits per heavy atom. The molecule has 6 unspecified atom stereocenters. The average Bonchev–Trinajstić information content (AvgIpc) is 0.718. The lowest BCUT2D eigenvalue weighted by atomic mass is 10.0. The second-order valence-corrected chi connectivity index (χ2v) is 59.9. The molecule has 7 aliphatic heterocycles. The normalized spacial score (nSPS) is 23.8. The lowest BCUT2D eigenvalue weighted by Gasteiger charge is -2.37. The van der Waals surface area contributed by atoms with Crippen molar-refractivity contribution in [2.24, 2.45) is 34.9 Å². The number of rotatable bonds is 4. The fourth-order valence-electron chi connectivity index (χ4n) is 19.0. The van der Waals surface area contributed by atoms with Crippen LogP contribution in [0.15, 0.2) is 357 Å². The van der Waals surface area contributed by atoms with E-state index in [0.717, 1.165) is 47.5 Å². The van der Waals surface area contributed by atoms with Crippen LogP contribution in [0.5, 0.6) is 40.2 Å². The lowest BCUT2D eigenvalue weighted by Crippen LogP contribution is -2.49. The summed E-state index contributed by atoms with van der Waals surface area (Å²) in [4.78, 5) is 113. The van der Waals surface area contributed by atoms with E-state index in [1.807, 2.05) is 65.8 Å². The van der Waals surface area contributed by atoms with Crippen molar-refractivity contribution in [2.45, 2.75) is 103 Å². The summed E-state index contributed by atoms with van der Waals surface area (Å²) in [5.41, 5.74) is 8.76. The standard InChI is InChI=1S/C18H18NO3P.C18H12NO3P.C16H16NO3P.C15H14NO3P.C14H12NO3P.C14H13NO2Si.C13H10NO3P/c2*20-12-6-8-15-17(10-12)23(22,14-4-2-1-3-5-14)18-11-13(21)7-9-16(18)19-15;1-16(2,3)21(20)14-8-10(18)4-6-12(14)17-13-7-5-11(19)9-15(13)21;1-9(2)20(19)14-7-10(17)3-5-12(14)16-13-6-4-11(18)8-15(13)20;1-2-19(18)13-7-9(16)3-5-11(13)15-12-6-4-10(17)8-14(12)19;1-18(2)13-7-9(16)3-5-11(13)15-12-6-4-10(17)8-14(12)18;1-18(17)12-6-8(15)2-4-10(12)14-11-5-3-9(16)7-13(11)18/h6-11,14,20H,1-5H2;1-11,20H;4-9,18H,1-3H3;3-9,17H,1-2H3;3-8,16H,2H2,1H3;3-8,16H,1-2H3;2-7,15H,1H3. The summed E-state index contributed by atoms with van der Waals surface area (Å²) < 4.78 is 81.9. The molecule has 0 aromatic heterocycles. The predicted octanol–water partition coefficient (Wildman–Crippen LogP) is 19.4. The summed E-state index contributed by atoms with van der Waals surface area (Å²) in [6.45, 7) is 17.1. The molecule has 716 valence electrons. The quantitative estimate of drug-likeness (QED) is 0.0489. The minimum Gasteiger partial charge on any atom is -0.508 e. The van der Waals surface area contributed by atoms with Crippen LogP contribution in [-0.4, -0.2) is 154 Å². The maximum atomic E-state index is 14.2. The van der Waals surface area contributed by atoms with Gasteiger partial charge in [-0.15, -0.1) is 0 Å². The number of carbonyl (C=O) groups is 7. The Bertz CT molecular complexity index is 8050. The van der Waals surface area contributed by atoms with Crippen LogP contribution in [0.25, 0.3) is 0 Å². The molecule has 7 N–H and O–H groups in total. The van der Waals surface area contributed by atoms with Gasteiger partial charge in [0.05, 0.1) is 79.8 Å². The Kier molecular flexibility index (Phi) is 26.8. The summed E-state index contributed by atoms with van der Waals surface area (Å²) >= 11 is 0.